The highest BCUT2D eigenvalue weighted by molar-refractivity contribution is 6.14. The summed E-state index contributed by atoms with van der Waals surface area (Å²) in [6, 6.07) is 8.38. The maximum atomic E-state index is 11.7. The van der Waals surface area contributed by atoms with Crippen molar-refractivity contribution in [3.05, 3.63) is 42.2 Å². The Morgan fingerprint density at radius 2 is 2.07 bits per heavy atom. The predicted molar refractivity (Wildman–Crippen MR) is 49.1 cm³/mol. The second-order valence-corrected chi connectivity index (χ2v) is 2.48. The number of alkyl halides is 1. The van der Waals surface area contributed by atoms with E-state index in [9.17, 15) is 9.18 Å². The minimum atomic E-state index is -1.15. The molecule has 14 heavy (non-hydrogen) atoms. The normalized spacial score (nSPS) is 11.1. The average molecular weight is 196 g/mol. The summed E-state index contributed by atoms with van der Waals surface area (Å²) in [7, 11) is 0. The van der Waals surface area contributed by atoms with Crippen molar-refractivity contribution in [3.63, 3.8) is 0 Å². The van der Waals surface area contributed by atoms with Crippen LogP contribution in [-0.2, 0) is 9.53 Å². The molecule has 1 N–H and O–H groups in total. The number of benzene rings is 1. The number of carboxylic acid groups (broad SMARTS) is 1. The molecule has 1 aromatic rings. The third kappa shape index (κ3) is 2.58. The quantitative estimate of drug-likeness (QED) is 0.592. The Morgan fingerprint density at radius 3 is 2.57 bits per heavy atom. The molecular formula is C10H9FO3. The van der Waals surface area contributed by atoms with Gasteiger partial charge in [-0.1, -0.05) is 30.3 Å². The molecule has 0 aliphatic carbocycles. The third-order valence-electron chi connectivity index (χ3n) is 1.58. The number of carboxylic acids is 1. The van der Waals surface area contributed by atoms with Crippen LogP contribution in [0.25, 0.3) is 5.57 Å². The molecule has 0 aliphatic heterocycles. The first-order chi connectivity index (χ1) is 6.75. The van der Waals surface area contributed by atoms with E-state index in [-0.39, 0.29) is 5.57 Å². The first kappa shape index (κ1) is 10.2. The fourth-order valence-corrected chi connectivity index (χ4v) is 0.974. The zero-order valence-corrected chi connectivity index (χ0v) is 7.31. The Bertz CT molecular complexity index is 332. The summed E-state index contributed by atoms with van der Waals surface area (Å²) in [6.45, 7) is -1.04. The summed E-state index contributed by atoms with van der Waals surface area (Å²) in [5.41, 5.74) is 0.414. The number of rotatable bonds is 4. The van der Waals surface area contributed by atoms with E-state index in [1.807, 2.05) is 0 Å². The van der Waals surface area contributed by atoms with Gasteiger partial charge in [-0.3, -0.25) is 0 Å². The molecule has 1 aromatic carbocycles. The Hall–Kier alpha value is -1.84. The van der Waals surface area contributed by atoms with Crippen LogP contribution in [0, 0.1) is 0 Å². The van der Waals surface area contributed by atoms with E-state index >= 15 is 0 Å². The minimum absolute atomic E-state index is 0.0664. The average Bonchev–Trinajstić information content (AvgIpc) is 2.19. The van der Waals surface area contributed by atoms with Gasteiger partial charge in [-0.05, 0) is 5.56 Å². The van der Waals surface area contributed by atoms with Gasteiger partial charge in [0.15, 0.2) is 0 Å². The molecule has 0 radical (unpaired) electrons. The molecule has 4 heteroatoms. The van der Waals surface area contributed by atoms with Gasteiger partial charge in [0.2, 0.25) is 6.86 Å². The number of hydrogen-bond acceptors (Lipinski definition) is 2. The van der Waals surface area contributed by atoms with Gasteiger partial charge >= 0.3 is 5.97 Å². The summed E-state index contributed by atoms with van der Waals surface area (Å²) in [6.07, 6.45) is 0.900. The number of hydrogen-bond donors (Lipinski definition) is 1. The molecule has 0 saturated carbocycles. The van der Waals surface area contributed by atoms with Crippen molar-refractivity contribution >= 4 is 11.5 Å². The second-order valence-electron chi connectivity index (χ2n) is 2.48. The minimum Gasteiger partial charge on any atom is -0.478 e. The van der Waals surface area contributed by atoms with Crippen LogP contribution in [0.2, 0.25) is 0 Å². The van der Waals surface area contributed by atoms with Gasteiger partial charge in [-0.15, -0.1) is 0 Å². The van der Waals surface area contributed by atoms with Crippen molar-refractivity contribution in [3.8, 4) is 0 Å². The molecule has 0 aliphatic rings. The SMILES string of the molecule is O=C(O)C(=COCF)c1ccccc1. The highest BCUT2D eigenvalue weighted by Gasteiger charge is 2.09. The van der Waals surface area contributed by atoms with Crippen molar-refractivity contribution in [1.82, 2.24) is 0 Å². The van der Waals surface area contributed by atoms with E-state index in [1.165, 1.54) is 0 Å². The molecule has 0 bridgehead atoms. The second kappa shape index (κ2) is 5.01. The first-order valence-electron chi connectivity index (χ1n) is 3.92. The molecule has 0 atom stereocenters. The molecule has 0 unspecified atom stereocenters. The lowest BCUT2D eigenvalue weighted by atomic mass is 10.1. The van der Waals surface area contributed by atoms with Crippen LogP contribution in [0.1, 0.15) is 5.56 Å². The summed E-state index contributed by atoms with van der Waals surface area (Å²) in [4.78, 5) is 10.7. The Morgan fingerprint density at radius 1 is 1.43 bits per heavy atom. The van der Waals surface area contributed by atoms with Crippen molar-refractivity contribution in [2.75, 3.05) is 6.86 Å². The summed E-state index contributed by atoms with van der Waals surface area (Å²) in [5.74, 6) is -1.15. The van der Waals surface area contributed by atoms with Crippen LogP contribution in [0.3, 0.4) is 0 Å². The van der Waals surface area contributed by atoms with Gasteiger partial charge in [0.1, 0.15) is 11.8 Å². The van der Waals surface area contributed by atoms with Crippen molar-refractivity contribution in [1.29, 1.82) is 0 Å². The van der Waals surface area contributed by atoms with Gasteiger partial charge in [-0.2, -0.15) is 0 Å². The van der Waals surface area contributed by atoms with Gasteiger partial charge in [-0.25, -0.2) is 9.18 Å². The molecule has 0 saturated heterocycles. The highest BCUT2D eigenvalue weighted by atomic mass is 19.1. The lowest BCUT2D eigenvalue weighted by Crippen LogP contribution is -2.00. The van der Waals surface area contributed by atoms with E-state index < -0.39 is 12.8 Å². The fraction of sp³-hybridized carbons (Fsp3) is 0.100. The molecule has 3 nitrogen and oxygen atoms in total. The van der Waals surface area contributed by atoms with E-state index in [2.05, 4.69) is 4.74 Å². The van der Waals surface area contributed by atoms with Crippen LogP contribution < -0.4 is 0 Å². The summed E-state index contributed by atoms with van der Waals surface area (Å²) in [5, 5.41) is 8.78. The number of halogens is 1. The monoisotopic (exact) mass is 196 g/mol. The zero-order valence-electron chi connectivity index (χ0n) is 7.31. The number of aliphatic carboxylic acids is 1. The predicted octanol–water partition coefficient (Wildman–Crippen LogP) is 2.06. The lowest BCUT2D eigenvalue weighted by Gasteiger charge is -2.01. The topological polar surface area (TPSA) is 46.5 Å². The lowest BCUT2D eigenvalue weighted by molar-refractivity contribution is -0.130. The fourth-order valence-electron chi connectivity index (χ4n) is 0.974. The van der Waals surface area contributed by atoms with Crippen LogP contribution in [0.15, 0.2) is 36.6 Å². The number of carbonyl (C=O) groups is 1. The molecule has 0 fully saturated rings. The van der Waals surface area contributed by atoms with Crippen LogP contribution in [0.4, 0.5) is 4.39 Å². The van der Waals surface area contributed by atoms with E-state index in [0.29, 0.717) is 5.56 Å². The van der Waals surface area contributed by atoms with Crippen LogP contribution in [-0.4, -0.2) is 17.9 Å². The van der Waals surface area contributed by atoms with E-state index in [0.717, 1.165) is 6.26 Å². The summed E-state index contributed by atoms with van der Waals surface area (Å²) >= 11 is 0. The Balaban J connectivity index is 2.95. The van der Waals surface area contributed by atoms with Gasteiger partial charge in [0.25, 0.3) is 0 Å². The van der Waals surface area contributed by atoms with Gasteiger partial charge in [0, 0.05) is 0 Å². The standard InChI is InChI=1S/C10H9FO3/c11-7-14-6-9(10(12)13)8-4-2-1-3-5-8/h1-6H,7H2,(H,12,13). The molecule has 0 aromatic heterocycles. The van der Waals surface area contributed by atoms with E-state index in [4.69, 9.17) is 5.11 Å². The molecular weight excluding hydrogens is 187 g/mol. The summed E-state index contributed by atoms with van der Waals surface area (Å²) < 4.78 is 16.0. The van der Waals surface area contributed by atoms with Gasteiger partial charge in [0.05, 0.1) is 0 Å². The maximum Gasteiger partial charge on any atom is 0.339 e. The largest absolute Gasteiger partial charge is 0.478 e. The van der Waals surface area contributed by atoms with E-state index in [1.54, 1.807) is 30.3 Å². The molecule has 0 amide bonds. The third-order valence-corrected chi connectivity index (χ3v) is 1.58. The van der Waals surface area contributed by atoms with Gasteiger partial charge < -0.3 is 9.84 Å². The van der Waals surface area contributed by atoms with Crippen molar-refractivity contribution in [2.45, 2.75) is 0 Å². The molecule has 1 rings (SSSR count). The molecule has 0 heterocycles. The Kier molecular flexibility index (Phi) is 3.67. The Labute approximate surface area is 80.4 Å². The molecule has 74 valence electrons. The zero-order chi connectivity index (χ0) is 10.4. The van der Waals surface area contributed by atoms with Crippen LogP contribution in [0.5, 0.6) is 0 Å². The number of ether oxygens (including phenoxy) is 1. The van der Waals surface area contributed by atoms with Crippen LogP contribution >= 0.6 is 0 Å². The smallest absolute Gasteiger partial charge is 0.339 e. The molecule has 0 spiro atoms. The maximum absolute atomic E-state index is 11.7. The highest BCUT2D eigenvalue weighted by Crippen LogP contribution is 2.13. The van der Waals surface area contributed by atoms with Crippen molar-refractivity contribution < 1.29 is 19.0 Å². The van der Waals surface area contributed by atoms with Crippen molar-refractivity contribution in [2.24, 2.45) is 0 Å². The first-order valence-corrected chi connectivity index (χ1v) is 3.92.